The smallest absolute Gasteiger partial charge is 0.258 e. The normalized spacial score (nSPS) is 15.2. The minimum atomic E-state index is -0.919. The second-order valence-corrected chi connectivity index (χ2v) is 8.99. The SMILES string of the molecule is CC(C)Oc1ccc(-c2nc(-c3ccc4c(c3)CCN(C(=O)[C@H](N)[C@H](C)O)CC4)no2)cc1C#N. The van der Waals surface area contributed by atoms with Crippen LogP contribution >= 0.6 is 0 Å². The lowest BCUT2D eigenvalue weighted by molar-refractivity contribution is -0.134. The first-order chi connectivity index (χ1) is 16.8. The molecule has 0 saturated carbocycles. The highest BCUT2D eigenvalue weighted by molar-refractivity contribution is 5.82. The van der Waals surface area contributed by atoms with Crippen LogP contribution in [-0.2, 0) is 17.6 Å². The number of carbonyl (C=O) groups is 1. The predicted molar refractivity (Wildman–Crippen MR) is 129 cm³/mol. The third-order valence-corrected chi connectivity index (χ3v) is 6.02. The number of ether oxygens (including phenoxy) is 1. The summed E-state index contributed by atoms with van der Waals surface area (Å²) in [6.07, 6.45) is 0.425. The van der Waals surface area contributed by atoms with E-state index in [4.69, 9.17) is 15.0 Å². The molecular formula is C26H29N5O4. The summed E-state index contributed by atoms with van der Waals surface area (Å²) in [6, 6.07) is 12.4. The van der Waals surface area contributed by atoms with Gasteiger partial charge in [0.05, 0.1) is 17.8 Å². The molecule has 1 amide bonds. The highest BCUT2D eigenvalue weighted by Crippen LogP contribution is 2.29. The van der Waals surface area contributed by atoms with Crippen molar-refractivity contribution in [2.24, 2.45) is 5.73 Å². The van der Waals surface area contributed by atoms with Crippen molar-refractivity contribution in [2.75, 3.05) is 13.1 Å². The third-order valence-electron chi connectivity index (χ3n) is 6.02. The number of nitrogens with zero attached hydrogens (tertiary/aromatic N) is 4. The number of hydrogen-bond acceptors (Lipinski definition) is 8. The lowest BCUT2D eigenvalue weighted by Crippen LogP contribution is -2.49. The standard InChI is InChI=1S/C26H29N5O4/c1-15(2)34-22-7-6-20(13-21(22)14-27)25-29-24(30-35-25)19-5-4-17-8-10-31(11-9-18(17)12-19)26(33)23(28)16(3)32/h4-7,12-13,15-16,23,32H,8-11,28H2,1-3H3/t16-,23+/m0/s1. The fourth-order valence-corrected chi connectivity index (χ4v) is 4.07. The van der Waals surface area contributed by atoms with Gasteiger partial charge in [0.1, 0.15) is 17.9 Å². The summed E-state index contributed by atoms with van der Waals surface area (Å²) in [7, 11) is 0. The van der Waals surface area contributed by atoms with E-state index < -0.39 is 12.1 Å². The molecule has 1 aliphatic rings. The van der Waals surface area contributed by atoms with Crippen molar-refractivity contribution < 1.29 is 19.2 Å². The summed E-state index contributed by atoms with van der Waals surface area (Å²) in [6.45, 7) is 6.40. The molecular weight excluding hydrogens is 446 g/mol. The van der Waals surface area contributed by atoms with Gasteiger partial charge in [-0.25, -0.2) is 0 Å². The van der Waals surface area contributed by atoms with Gasteiger partial charge in [-0.05, 0) is 69.0 Å². The van der Waals surface area contributed by atoms with Gasteiger partial charge in [-0.15, -0.1) is 0 Å². The Bertz CT molecular complexity index is 1260. The summed E-state index contributed by atoms with van der Waals surface area (Å²) in [5, 5.41) is 23.3. The van der Waals surface area contributed by atoms with Crippen LogP contribution in [-0.4, -0.2) is 57.4 Å². The Balaban J connectivity index is 1.53. The van der Waals surface area contributed by atoms with Crippen LogP contribution in [0.3, 0.4) is 0 Å². The van der Waals surface area contributed by atoms with Crippen molar-refractivity contribution >= 4 is 5.91 Å². The van der Waals surface area contributed by atoms with E-state index in [2.05, 4.69) is 16.2 Å². The lowest BCUT2D eigenvalue weighted by Gasteiger charge is -2.25. The average Bonchev–Trinajstić information content (AvgIpc) is 3.24. The number of amides is 1. The summed E-state index contributed by atoms with van der Waals surface area (Å²) >= 11 is 0. The number of nitrogens with two attached hydrogens (primary N) is 1. The predicted octanol–water partition coefficient (Wildman–Crippen LogP) is 2.70. The van der Waals surface area contributed by atoms with Gasteiger partial charge < -0.3 is 25.0 Å². The Morgan fingerprint density at radius 1 is 1.14 bits per heavy atom. The number of aromatic nitrogens is 2. The Morgan fingerprint density at radius 2 is 1.86 bits per heavy atom. The zero-order valence-electron chi connectivity index (χ0n) is 20.1. The third kappa shape index (κ3) is 5.34. The van der Waals surface area contributed by atoms with Crippen LogP contribution in [0.5, 0.6) is 5.75 Å². The summed E-state index contributed by atoms with van der Waals surface area (Å²) in [4.78, 5) is 18.8. The van der Waals surface area contributed by atoms with Gasteiger partial charge in [0.15, 0.2) is 0 Å². The summed E-state index contributed by atoms with van der Waals surface area (Å²) < 4.78 is 11.2. The van der Waals surface area contributed by atoms with Gasteiger partial charge in [-0.3, -0.25) is 4.79 Å². The monoisotopic (exact) mass is 475 g/mol. The van der Waals surface area contributed by atoms with Crippen LogP contribution in [0.1, 0.15) is 37.5 Å². The van der Waals surface area contributed by atoms with Crippen molar-refractivity contribution in [1.82, 2.24) is 15.0 Å². The number of carbonyl (C=O) groups excluding carboxylic acids is 1. The summed E-state index contributed by atoms with van der Waals surface area (Å²) in [5.41, 5.74) is 9.95. The van der Waals surface area contributed by atoms with Gasteiger partial charge in [-0.2, -0.15) is 10.2 Å². The van der Waals surface area contributed by atoms with Gasteiger partial charge >= 0.3 is 0 Å². The molecule has 1 aliphatic heterocycles. The van der Waals surface area contributed by atoms with E-state index in [1.165, 1.54) is 6.92 Å². The molecule has 182 valence electrons. The molecule has 4 rings (SSSR count). The number of hydrogen-bond donors (Lipinski definition) is 2. The first-order valence-corrected chi connectivity index (χ1v) is 11.7. The van der Waals surface area contributed by atoms with Crippen LogP contribution in [0, 0.1) is 11.3 Å². The van der Waals surface area contributed by atoms with Gasteiger partial charge in [0.25, 0.3) is 5.89 Å². The maximum Gasteiger partial charge on any atom is 0.258 e. The first kappa shape index (κ1) is 24.4. The molecule has 2 atom stereocenters. The fourth-order valence-electron chi connectivity index (χ4n) is 4.07. The molecule has 3 aromatic rings. The Labute approximate surface area is 204 Å². The van der Waals surface area contributed by atoms with E-state index in [9.17, 15) is 15.2 Å². The molecule has 0 saturated heterocycles. The van der Waals surface area contributed by atoms with Gasteiger partial charge in [0.2, 0.25) is 11.7 Å². The minimum absolute atomic E-state index is 0.0451. The van der Waals surface area contributed by atoms with Gasteiger partial charge in [0, 0.05) is 24.2 Å². The van der Waals surface area contributed by atoms with Crippen LogP contribution < -0.4 is 10.5 Å². The maximum atomic E-state index is 12.6. The lowest BCUT2D eigenvalue weighted by atomic mass is 10.00. The topological polar surface area (TPSA) is 138 Å². The molecule has 2 aromatic carbocycles. The van der Waals surface area contributed by atoms with Crippen molar-refractivity contribution in [3.63, 3.8) is 0 Å². The molecule has 0 aliphatic carbocycles. The minimum Gasteiger partial charge on any atom is -0.490 e. The Kier molecular flexibility index (Phi) is 7.15. The number of fused-ring (bicyclic) bond motifs is 1. The molecule has 0 spiro atoms. The van der Waals surface area contributed by atoms with Crippen LogP contribution in [0.25, 0.3) is 22.8 Å². The Hall–Kier alpha value is -3.74. The average molecular weight is 476 g/mol. The van der Waals surface area contributed by atoms with Crippen molar-refractivity contribution in [3.8, 4) is 34.7 Å². The van der Waals surface area contributed by atoms with Crippen LogP contribution in [0.15, 0.2) is 40.9 Å². The van der Waals surface area contributed by atoms with E-state index >= 15 is 0 Å². The van der Waals surface area contributed by atoms with Crippen LogP contribution in [0.2, 0.25) is 0 Å². The van der Waals surface area contributed by atoms with Crippen molar-refractivity contribution in [1.29, 1.82) is 5.26 Å². The fraction of sp³-hybridized carbons (Fsp3) is 0.385. The van der Waals surface area contributed by atoms with E-state index in [0.717, 1.165) is 16.7 Å². The second-order valence-electron chi connectivity index (χ2n) is 8.99. The maximum absolute atomic E-state index is 12.6. The highest BCUT2D eigenvalue weighted by atomic mass is 16.5. The molecule has 0 fully saturated rings. The molecule has 3 N–H and O–H groups in total. The molecule has 1 aromatic heterocycles. The number of benzene rings is 2. The van der Waals surface area contributed by atoms with E-state index in [1.807, 2.05) is 32.0 Å². The quantitative estimate of drug-likeness (QED) is 0.555. The molecule has 2 heterocycles. The van der Waals surface area contributed by atoms with E-state index in [0.29, 0.717) is 54.5 Å². The molecule has 0 unspecified atom stereocenters. The molecule has 35 heavy (non-hydrogen) atoms. The summed E-state index contributed by atoms with van der Waals surface area (Å²) in [5.74, 6) is 1.03. The first-order valence-electron chi connectivity index (χ1n) is 11.7. The van der Waals surface area contributed by atoms with Crippen molar-refractivity contribution in [2.45, 2.75) is 51.9 Å². The number of nitriles is 1. The molecule has 9 heteroatoms. The van der Waals surface area contributed by atoms with Crippen molar-refractivity contribution in [3.05, 3.63) is 53.1 Å². The second kappa shape index (κ2) is 10.3. The molecule has 0 bridgehead atoms. The zero-order valence-corrected chi connectivity index (χ0v) is 20.1. The Morgan fingerprint density at radius 3 is 2.54 bits per heavy atom. The largest absolute Gasteiger partial charge is 0.490 e. The van der Waals surface area contributed by atoms with Gasteiger partial charge in [-0.1, -0.05) is 17.3 Å². The number of aliphatic hydroxyl groups is 1. The molecule has 0 radical (unpaired) electrons. The number of rotatable bonds is 6. The van der Waals surface area contributed by atoms with E-state index in [-0.39, 0.29) is 12.0 Å². The van der Waals surface area contributed by atoms with E-state index in [1.54, 1.807) is 23.1 Å². The zero-order chi connectivity index (χ0) is 25.1. The highest BCUT2D eigenvalue weighted by Gasteiger charge is 2.26. The number of aliphatic hydroxyl groups excluding tert-OH is 1. The molecule has 9 nitrogen and oxygen atoms in total. The van der Waals surface area contributed by atoms with Crippen LogP contribution in [0.4, 0.5) is 0 Å².